The van der Waals surface area contributed by atoms with Gasteiger partial charge >= 0.3 is 0 Å². The monoisotopic (exact) mass is 473 g/mol. The molecule has 0 aromatic carbocycles. The normalized spacial score (nSPS) is 17.2. The third kappa shape index (κ3) is 5.20. The summed E-state index contributed by atoms with van der Waals surface area (Å²) in [6, 6.07) is 5.15. The molecule has 138 valence electrons. The lowest BCUT2D eigenvalue weighted by Gasteiger charge is -2.24. The van der Waals surface area contributed by atoms with E-state index in [1.54, 1.807) is 0 Å². The number of hydrogen-bond donors (Lipinski definition) is 2. The summed E-state index contributed by atoms with van der Waals surface area (Å²) in [6.07, 6.45) is 5.38. The first-order valence-electron chi connectivity index (χ1n) is 8.64. The quantitative estimate of drug-likeness (QED) is 0.405. The lowest BCUT2D eigenvalue weighted by atomic mass is 9.94. The Morgan fingerprint density at radius 2 is 2.24 bits per heavy atom. The number of rotatable bonds is 4. The topological polar surface area (TPSA) is 54.2 Å². The van der Waals surface area contributed by atoms with Gasteiger partial charge in [-0.25, -0.2) is 0 Å². The first kappa shape index (κ1) is 20.2. The molecule has 1 aliphatic carbocycles. The van der Waals surface area contributed by atoms with Crippen LogP contribution in [0.2, 0.25) is 0 Å². The number of aromatic nitrogens is 2. The number of nitrogens with one attached hydrogen (secondary N) is 2. The highest BCUT2D eigenvalue weighted by molar-refractivity contribution is 14.0. The first-order valence-corrected chi connectivity index (χ1v) is 9.46. The van der Waals surface area contributed by atoms with Crippen molar-refractivity contribution in [1.82, 2.24) is 20.4 Å². The van der Waals surface area contributed by atoms with Crippen LogP contribution in [0.4, 0.5) is 0 Å². The predicted octanol–water partition coefficient (Wildman–Crippen LogP) is 3.67. The van der Waals surface area contributed by atoms with Crippen LogP contribution in [0.5, 0.6) is 0 Å². The number of fused-ring (bicyclic) bond motifs is 1. The average molecular weight is 473 g/mol. The fourth-order valence-electron chi connectivity index (χ4n) is 3.04. The zero-order valence-electron chi connectivity index (χ0n) is 15.4. The maximum atomic E-state index is 4.75. The zero-order chi connectivity index (χ0) is 17.1. The third-order valence-electron chi connectivity index (χ3n) is 4.42. The highest BCUT2D eigenvalue weighted by Crippen LogP contribution is 2.21. The predicted molar refractivity (Wildman–Crippen MR) is 116 cm³/mol. The molecule has 0 spiro atoms. The SMILES string of the molecule is CN=C(NCc1ccc(C)s1)NC1CCc2cn(C(C)C)nc2C1.I. The molecular weight excluding hydrogens is 445 g/mol. The summed E-state index contributed by atoms with van der Waals surface area (Å²) in [4.78, 5) is 7.04. The fourth-order valence-corrected chi connectivity index (χ4v) is 3.87. The summed E-state index contributed by atoms with van der Waals surface area (Å²) in [6.45, 7) is 7.30. The third-order valence-corrected chi connectivity index (χ3v) is 5.42. The zero-order valence-corrected chi connectivity index (χ0v) is 18.5. The lowest BCUT2D eigenvalue weighted by Crippen LogP contribution is -2.45. The van der Waals surface area contributed by atoms with Crippen molar-refractivity contribution in [1.29, 1.82) is 0 Å². The summed E-state index contributed by atoms with van der Waals surface area (Å²) in [5.41, 5.74) is 2.63. The first-order chi connectivity index (χ1) is 11.5. The van der Waals surface area contributed by atoms with Crippen LogP contribution in [-0.4, -0.2) is 28.8 Å². The van der Waals surface area contributed by atoms with Crippen molar-refractivity contribution >= 4 is 41.3 Å². The van der Waals surface area contributed by atoms with Crippen molar-refractivity contribution in [3.05, 3.63) is 39.3 Å². The molecule has 0 fully saturated rings. The number of thiophene rings is 1. The molecule has 0 saturated heterocycles. The van der Waals surface area contributed by atoms with Gasteiger partial charge in [-0.1, -0.05) is 0 Å². The van der Waals surface area contributed by atoms with E-state index < -0.39 is 0 Å². The van der Waals surface area contributed by atoms with Gasteiger partial charge in [-0.2, -0.15) is 5.10 Å². The van der Waals surface area contributed by atoms with E-state index >= 15 is 0 Å². The van der Waals surface area contributed by atoms with Crippen LogP contribution < -0.4 is 10.6 Å². The highest BCUT2D eigenvalue weighted by Gasteiger charge is 2.22. The Balaban J connectivity index is 0.00000225. The smallest absolute Gasteiger partial charge is 0.191 e. The molecule has 1 aliphatic rings. The van der Waals surface area contributed by atoms with Gasteiger partial charge in [-0.15, -0.1) is 35.3 Å². The maximum absolute atomic E-state index is 4.75. The Labute approximate surface area is 171 Å². The summed E-state index contributed by atoms with van der Waals surface area (Å²) in [5, 5.41) is 11.7. The van der Waals surface area contributed by atoms with Crippen LogP contribution >= 0.6 is 35.3 Å². The fraction of sp³-hybridized carbons (Fsp3) is 0.556. The molecule has 3 rings (SSSR count). The van der Waals surface area contributed by atoms with E-state index in [4.69, 9.17) is 5.10 Å². The molecule has 2 N–H and O–H groups in total. The number of aliphatic imine (C=N–C) groups is 1. The second kappa shape index (κ2) is 9.02. The van der Waals surface area contributed by atoms with Gasteiger partial charge in [0, 0.05) is 41.5 Å². The molecule has 0 radical (unpaired) electrons. The molecule has 0 saturated carbocycles. The minimum absolute atomic E-state index is 0. The largest absolute Gasteiger partial charge is 0.353 e. The van der Waals surface area contributed by atoms with Gasteiger partial charge in [-0.3, -0.25) is 9.67 Å². The Morgan fingerprint density at radius 3 is 2.88 bits per heavy atom. The molecule has 0 bridgehead atoms. The summed E-state index contributed by atoms with van der Waals surface area (Å²) >= 11 is 1.82. The lowest BCUT2D eigenvalue weighted by molar-refractivity contribution is 0.499. The standard InChI is InChI=1S/C18H27N5S.HI/c1-12(2)23-11-14-6-7-15(9-17(14)22-23)21-18(19-4)20-10-16-8-5-13(3)24-16;/h5,8,11-12,15H,6-7,9-10H2,1-4H3,(H2,19,20,21);1H. The van der Waals surface area contributed by atoms with E-state index in [0.717, 1.165) is 31.8 Å². The van der Waals surface area contributed by atoms with E-state index in [1.165, 1.54) is 21.0 Å². The molecule has 2 aromatic heterocycles. The van der Waals surface area contributed by atoms with Gasteiger partial charge in [0.25, 0.3) is 0 Å². The van der Waals surface area contributed by atoms with E-state index in [2.05, 4.69) is 59.4 Å². The number of halogens is 1. The molecule has 25 heavy (non-hydrogen) atoms. The van der Waals surface area contributed by atoms with Crippen molar-refractivity contribution < 1.29 is 0 Å². The van der Waals surface area contributed by atoms with Crippen LogP contribution in [0.1, 0.15) is 47.3 Å². The van der Waals surface area contributed by atoms with Crippen LogP contribution in [0, 0.1) is 6.92 Å². The Morgan fingerprint density at radius 1 is 1.44 bits per heavy atom. The van der Waals surface area contributed by atoms with Gasteiger partial charge in [0.05, 0.1) is 12.2 Å². The molecule has 1 atom stereocenters. The number of nitrogens with zero attached hydrogens (tertiary/aromatic N) is 3. The molecule has 2 heterocycles. The van der Waals surface area contributed by atoms with Crippen molar-refractivity contribution in [2.45, 2.75) is 58.7 Å². The minimum Gasteiger partial charge on any atom is -0.353 e. The number of aryl methyl sites for hydroxylation is 2. The molecule has 5 nitrogen and oxygen atoms in total. The van der Waals surface area contributed by atoms with Gasteiger partial charge in [-0.05, 0) is 51.3 Å². The van der Waals surface area contributed by atoms with Crippen molar-refractivity contribution in [2.75, 3.05) is 7.05 Å². The molecule has 0 amide bonds. The average Bonchev–Trinajstić information content (AvgIpc) is 3.17. The van der Waals surface area contributed by atoms with E-state index in [0.29, 0.717) is 12.1 Å². The van der Waals surface area contributed by atoms with Crippen LogP contribution in [0.25, 0.3) is 0 Å². The van der Waals surface area contributed by atoms with Gasteiger partial charge in [0.1, 0.15) is 0 Å². The summed E-state index contributed by atoms with van der Waals surface area (Å²) in [5.74, 6) is 0.873. The van der Waals surface area contributed by atoms with Gasteiger partial charge in [0.15, 0.2) is 5.96 Å². The summed E-state index contributed by atoms with van der Waals surface area (Å²) in [7, 11) is 1.83. The van der Waals surface area contributed by atoms with Crippen molar-refractivity contribution in [3.63, 3.8) is 0 Å². The second-order valence-corrected chi connectivity index (χ2v) is 8.07. The van der Waals surface area contributed by atoms with Crippen LogP contribution in [0.15, 0.2) is 23.3 Å². The van der Waals surface area contributed by atoms with E-state index in [-0.39, 0.29) is 24.0 Å². The Kier molecular flexibility index (Phi) is 7.30. The van der Waals surface area contributed by atoms with Crippen molar-refractivity contribution in [3.8, 4) is 0 Å². The van der Waals surface area contributed by atoms with Crippen molar-refractivity contribution in [2.24, 2.45) is 4.99 Å². The molecule has 7 heteroatoms. The van der Waals surface area contributed by atoms with Gasteiger partial charge < -0.3 is 10.6 Å². The maximum Gasteiger partial charge on any atom is 0.191 e. The molecule has 0 aliphatic heterocycles. The Bertz CT molecular complexity index is 719. The second-order valence-electron chi connectivity index (χ2n) is 6.70. The number of hydrogen-bond acceptors (Lipinski definition) is 3. The highest BCUT2D eigenvalue weighted by atomic mass is 127. The number of guanidine groups is 1. The van der Waals surface area contributed by atoms with Crippen LogP contribution in [0.3, 0.4) is 0 Å². The van der Waals surface area contributed by atoms with E-state index in [9.17, 15) is 0 Å². The van der Waals surface area contributed by atoms with E-state index in [1.807, 2.05) is 18.4 Å². The molecule has 2 aromatic rings. The minimum atomic E-state index is 0. The Hall–Kier alpha value is -1.09. The molecular formula is C18H28IN5S. The molecule has 1 unspecified atom stereocenters. The van der Waals surface area contributed by atoms with Gasteiger partial charge in [0.2, 0.25) is 0 Å². The summed E-state index contributed by atoms with van der Waals surface area (Å²) < 4.78 is 2.08. The van der Waals surface area contributed by atoms with Crippen LogP contribution in [-0.2, 0) is 19.4 Å².